The fraction of sp³-hybridized carbons (Fsp3) is 0.391. The summed E-state index contributed by atoms with van der Waals surface area (Å²) in [4.78, 5) is 48.1. The molecule has 0 heterocycles. The average molecular weight is 893 g/mol. The number of carbonyl (C=O) groups excluding carboxylic acids is 3. The predicted octanol–water partition coefficient (Wildman–Crippen LogP) is 7.05. The van der Waals surface area contributed by atoms with E-state index in [1.807, 2.05) is 69.2 Å². The first-order chi connectivity index (χ1) is 28.8. The molecule has 64 heavy (non-hydrogen) atoms. The van der Waals surface area contributed by atoms with E-state index in [2.05, 4.69) is 15.4 Å². The number of esters is 1. The third-order valence-electron chi connectivity index (χ3n) is 7.68. The number of hydrogen-bond acceptors (Lipinski definition) is 12. The van der Waals surface area contributed by atoms with Crippen molar-refractivity contribution in [3.8, 4) is 34.5 Å². The zero-order valence-electron chi connectivity index (χ0n) is 37.6. The molecule has 4 aromatic rings. The Morgan fingerprint density at radius 2 is 0.891 bits per heavy atom. The standard InChI is InChI=1S/C23H28FNO6.C22H26FNO6.CH4.Li.H2O/c1-7-29-21-19(30-13(2)3)10-15(11-20(21)31-14(4)5)22(26)25-16-8-9-17(18(24)12-16)23(27)28-6;1-6-28-20-18(29-12(2)3)9-14(10-19(20)30-13(4)5)21(25)24-15-7-8-16(22(26)27)17(23)11-15;;;/h8-14H,7H2,1-6H3,(H,25,26);7-13H,6H2,1-5H3,(H,24,25)(H,26,27);1H4;;1H2/q;;;+1;/p-1. The molecular formula is C46H59F2LiN2O13. The second kappa shape index (κ2) is 27.2. The van der Waals surface area contributed by atoms with Gasteiger partial charge >= 0.3 is 30.8 Å². The molecule has 0 saturated carbocycles. The monoisotopic (exact) mass is 892 g/mol. The summed E-state index contributed by atoms with van der Waals surface area (Å²) < 4.78 is 67.3. The molecule has 0 saturated heterocycles. The van der Waals surface area contributed by atoms with Crippen LogP contribution < -0.4 is 57.9 Å². The van der Waals surface area contributed by atoms with E-state index in [0.29, 0.717) is 47.7 Å². The first-order valence-electron chi connectivity index (χ1n) is 19.6. The number of aromatic carboxylic acids is 1. The molecule has 0 atom stereocenters. The number of nitrogens with one attached hydrogen (secondary N) is 2. The van der Waals surface area contributed by atoms with Crippen molar-refractivity contribution in [1.82, 2.24) is 0 Å². The van der Waals surface area contributed by atoms with E-state index in [1.54, 1.807) is 12.1 Å². The Kier molecular flexibility index (Phi) is 24.7. The molecule has 4 aromatic carbocycles. The van der Waals surface area contributed by atoms with E-state index in [9.17, 15) is 28.0 Å². The van der Waals surface area contributed by atoms with Crippen LogP contribution in [0.3, 0.4) is 0 Å². The summed E-state index contributed by atoms with van der Waals surface area (Å²) >= 11 is 0. The van der Waals surface area contributed by atoms with E-state index >= 15 is 0 Å². The summed E-state index contributed by atoms with van der Waals surface area (Å²) in [6.07, 6.45) is -0.673. The number of anilines is 2. The zero-order chi connectivity index (χ0) is 45.6. The van der Waals surface area contributed by atoms with Crippen molar-refractivity contribution < 1.29 is 90.6 Å². The van der Waals surface area contributed by atoms with Gasteiger partial charge in [-0.2, -0.15) is 0 Å². The zero-order valence-corrected chi connectivity index (χ0v) is 37.6. The Hall–Kier alpha value is -6.02. The number of benzene rings is 4. The van der Waals surface area contributed by atoms with Gasteiger partial charge in [0, 0.05) is 22.5 Å². The van der Waals surface area contributed by atoms with Crippen LogP contribution in [0, 0.1) is 11.6 Å². The van der Waals surface area contributed by atoms with Crippen molar-refractivity contribution in [2.45, 2.75) is 101 Å². The smallest absolute Gasteiger partial charge is 0.870 e. The number of rotatable bonds is 18. The van der Waals surface area contributed by atoms with Crippen molar-refractivity contribution in [3.05, 3.63) is 94.6 Å². The molecule has 0 spiro atoms. The van der Waals surface area contributed by atoms with E-state index in [0.717, 1.165) is 25.3 Å². The molecule has 0 aliphatic rings. The second-order valence-electron chi connectivity index (χ2n) is 14.2. The molecule has 0 radical (unpaired) electrons. The van der Waals surface area contributed by atoms with Crippen LogP contribution in [0.5, 0.6) is 34.5 Å². The Morgan fingerprint density at radius 1 is 0.578 bits per heavy atom. The van der Waals surface area contributed by atoms with Gasteiger partial charge in [0.1, 0.15) is 11.6 Å². The predicted molar refractivity (Wildman–Crippen MR) is 234 cm³/mol. The minimum Gasteiger partial charge on any atom is -0.870 e. The van der Waals surface area contributed by atoms with Crippen molar-refractivity contribution in [3.63, 3.8) is 0 Å². The van der Waals surface area contributed by atoms with Gasteiger partial charge in [0.05, 0.1) is 55.9 Å². The summed E-state index contributed by atoms with van der Waals surface area (Å²) in [5.41, 5.74) is 0.0616. The Balaban J connectivity index is 0.00000119. The van der Waals surface area contributed by atoms with Gasteiger partial charge in [-0.3, -0.25) is 9.59 Å². The van der Waals surface area contributed by atoms with Crippen molar-refractivity contribution in [2.75, 3.05) is 31.0 Å². The van der Waals surface area contributed by atoms with Crippen LogP contribution in [0.25, 0.3) is 0 Å². The fourth-order valence-corrected chi connectivity index (χ4v) is 5.40. The number of carbonyl (C=O) groups is 4. The summed E-state index contributed by atoms with van der Waals surface area (Å²) in [6, 6.07) is 13.2. The van der Waals surface area contributed by atoms with Crippen LogP contribution in [0.4, 0.5) is 20.2 Å². The van der Waals surface area contributed by atoms with Crippen LogP contribution in [0.15, 0.2) is 60.7 Å². The topological polar surface area (TPSA) is 207 Å². The number of ether oxygens (including phenoxy) is 7. The third-order valence-corrected chi connectivity index (χ3v) is 7.68. The Bertz CT molecular complexity index is 2120. The fourth-order valence-electron chi connectivity index (χ4n) is 5.40. The molecule has 0 aliphatic heterocycles. The van der Waals surface area contributed by atoms with Crippen LogP contribution in [0.2, 0.25) is 0 Å². The largest absolute Gasteiger partial charge is 1.00 e. The molecular weight excluding hydrogens is 833 g/mol. The average Bonchev–Trinajstić information content (AvgIpc) is 3.16. The van der Waals surface area contributed by atoms with Gasteiger partial charge < -0.3 is 54.4 Å². The van der Waals surface area contributed by atoms with Gasteiger partial charge in [-0.05, 0) is 130 Å². The third kappa shape index (κ3) is 16.9. The minimum absolute atomic E-state index is 0. The van der Waals surface area contributed by atoms with E-state index in [1.165, 1.54) is 30.3 Å². The number of carboxylic acids is 1. The SMILES string of the molecule is C.CCOc1c(OC(C)C)cc(C(=O)Nc2ccc(C(=O)O)c(F)c2)cc1OC(C)C.CCOc1c(OC(C)C)cc(C(=O)Nc2ccc(C(=O)OC)c(F)c2)cc1OC(C)C.[Li+].[OH-]. The first kappa shape index (κ1) is 58.0. The van der Waals surface area contributed by atoms with Crippen molar-refractivity contribution >= 4 is 35.1 Å². The number of amides is 2. The van der Waals surface area contributed by atoms with Gasteiger partial charge in [0.25, 0.3) is 11.8 Å². The van der Waals surface area contributed by atoms with Crippen LogP contribution in [-0.4, -0.2) is 79.1 Å². The Morgan fingerprint density at radius 3 is 1.14 bits per heavy atom. The molecule has 346 valence electrons. The second-order valence-corrected chi connectivity index (χ2v) is 14.2. The van der Waals surface area contributed by atoms with E-state index < -0.39 is 41.0 Å². The van der Waals surface area contributed by atoms with Crippen LogP contribution in [-0.2, 0) is 4.74 Å². The Labute approximate surface area is 385 Å². The maximum atomic E-state index is 14.2. The van der Waals surface area contributed by atoms with Crippen molar-refractivity contribution in [2.24, 2.45) is 0 Å². The number of halogens is 2. The van der Waals surface area contributed by atoms with Crippen LogP contribution in [0.1, 0.15) is 118 Å². The molecule has 18 heteroatoms. The summed E-state index contributed by atoms with van der Waals surface area (Å²) in [5, 5.41) is 14.1. The minimum atomic E-state index is -1.39. The number of methoxy groups -OCH3 is 1. The van der Waals surface area contributed by atoms with E-state index in [-0.39, 0.29) is 84.2 Å². The maximum absolute atomic E-state index is 14.2. The van der Waals surface area contributed by atoms with Gasteiger partial charge in [-0.15, -0.1) is 0 Å². The molecule has 4 N–H and O–H groups in total. The summed E-state index contributed by atoms with van der Waals surface area (Å²) in [7, 11) is 1.16. The summed E-state index contributed by atoms with van der Waals surface area (Å²) in [6.45, 7) is 19.2. The molecule has 15 nitrogen and oxygen atoms in total. The molecule has 0 bridgehead atoms. The van der Waals surface area contributed by atoms with Crippen molar-refractivity contribution in [1.29, 1.82) is 0 Å². The number of hydrogen-bond donors (Lipinski definition) is 3. The van der Waals surface area contributed by atoms with Gasteiger partial charge in [-0.25, -0.2) is 18.4 Å². The molecule has 4 rings (SSSR count). The number of carboxylic acid groups (broad SMARTS) is 1. The normalized spacial score (nSPS) is 10.3. The van der Waals surface area contributed by atoms with Gasteiger partial charge in [0.15, 0.2) is 23.0 Å². The van der Waals surface area contributed by atoms with Crippen LogP contribution >= 0.6 is 0 Å². The molecule has 0 aliphatic carbocycles. The van der Waals surface area contributed by atoms with Gasteiger partial charge in [-0.1, -0.05) is 7.43 Å². The molecule has 0 fully saturated rings. The quantitative estimate of drug-likeness (QED) is 0.0677. The van der Waals surface area contributed by atoms with E-state index in [4.69, 9.17) is 33.5 Å². The first-order valence-corrected chi connectivity index (χ1v) is 19.6. The molecule has 0 unspecified atom stereocenters. The molecule has 2 amide bonds. The molecule has 0 aromatic heterocycles. The maximum Gasteiger partial charge on any atom is 1.00 e. The summed E-state index contributed by atoms with van der Waals surface area (Å²) in [5.74, 6) is -2.73. The van der Waals surface area contributed by atoms with Gasteiger partial charge in [0.2, 0.25) is 11.5 Å².